The number of nitrogens with one attached hydrogen (secondary N) is 1. The third-order valence-corrected chi connectivity index (χ3v) is 3.87. The second-order valence-electron chi connectivity index (χ2n) is 5.75. The molecule has 0 amide bonds. The number of fused-ring (bicyclic) bond motifs is 1. The van der Waals surface area contributed by atoms with Crippen LogP contribution in [-0.4, -0.2) is 32.0 Å². The van der Waals surface area contributed by atoms with Gasteiger partial charge in [-0.3, -0.25) is 0 Å². The van der Waals surface area contributed by atoms with Gasteiger partial charge in [0.2, 0.25) is 0 Å². The van der Waals surface area contributed by atoms with Crippen molar-refractivity contribution in [3.05, 3.63) is 22.2 Å². The van der Waals surface area contributed by atoms with Crippen molar-refractivity contribution in [3.8, 4) is 11.5 Å². The van der Waals surface area contributed by atoms with E-state index in [2.05, 4.69) is 41.2 Å². The highest BCUT2D eigenvalue weighted by Crippen LogP contribution is 2.38. The van der Waals surface area contributed by atoms with Crippen molar-refractivity contribution in [1.29, 1.82) is 0 Å². The molecule has 1 aromatic rings. The van der Waals surface area contributed by atoms with Crippen LogP contribution in [0.25, 0.3) is 0 Å². The van der Waals surface area contributed by atoms with Gasteiger partial charge >= 0.3 is 0 Å². The Labute approximate surface area is 135 Å². The molecule has 0 aliphatic carbocycles. The van der Waals surface area contributed by atoms with E-state index in [0.29, 0.717) is 13.2 Å². The Kier molecular flexibility index (Phi) is 5.90. The van der Waals surface area contributed by atoms with Crippen LogP contribution in [-0.2, 0) is 11.3 Å². The number of hydrogen-bond acceptors (Lipinski definition) is 4. The molecule has 1 aliphatic heterocycles. The molecule has 0 atom stereocenters. The summed E-state index contributed by atoms with van der Waals surface area (Å²) in [6, 6.07) is 4.13. The molecule has 0 spiro atoms. The monoisotopic (exact) mass is 357 g/mol. The Morgan fingerprint density at radius 1 is 1.29 bits per heavy atom. The van der Waals surface area contributed by atoms with Gasteiger partial charge in [0.25, 0.3) is 0 Å². The topological polar surface area (TPSA) is 39.7 Å². The van der Waals surface area contributed by atoms with E-state index >= 15 is 0 Å². The maximum absolute atomic E-state index is 5.75. The fourth-order valence-corrected chi connectivity index (χ4v) is 2.94. The predicted molar refractivity (Wildman–Crippen MR) is 87.2 cm³/mol. The van der Waals surface area contributed by atoms with Crippen LogP contribution in [0.2, 0.25) is 0 Å². The summed E-state index contributed by atoms with van der Waals surface area (Å²) in [6.45, 7) is 9.89. The maximum atomic E-state index is 5.75. The van der Waals surface area contributed by atoms with Crippen molar-refractivity contribution in [1.82, 2.24) is 5.32 Å². The molecule has 1 heterocycles. The highest BCUT2D eigenvalue weighted by molar-refractivity contribution is 9.10. The first kappa shape index (κ1) is 16.6. The minimum atomic E-state index is -0.155. The first-order valence-electron chi connectivity index (χ1n) is 7.44. The molecule has 0 saturated carbocycles. The summed E-state index contributed by atoms with van der Waals surface area (Å²) < 4.78 is 18.1. The minimum Gasteiger partial charge on any atom is -0.490 e. The van der Waals surface area contributed by atoms with Crippen molar-refractivity contribution >= 4 is 15.9 Å². The summed E-state index contributed by atoms with van der Waals surface area (Å²) in [4.78, 5) is 0. The lowest BCUT2D eigenvalue weighted by atomic mass is 10.1. The molecule has 4 nitrogen and oxygen atoms in total. The molecule has 0 fully saturated rings. The SMILES string of the molecule is CCOC(C)(C)CNCc1cc(Br)c2c(c1)OCCCO2. The van der Waals surface area contributed by atoms with E-state index in [1.54, 1.807) is 0 Å². The molecule has 118 valence electrons. The first-order chi connectivity index (χ1) is 10.0. The maximum Gasteiger partial charge on any atom is 0.175 e. The standard InChI is InChI=1S/C16H24BrNO3/c1-4-21-16(2,3)11-18-10-12-8-13(17)15-14(9-12)19-6-5-7-20-15/h8-9,18H,4-7,10-11H2,1-3H3. The molecule has 1 aromatic carbocycles. The van der Waals surface area contributed by atoms with Crippen molar-refractivity contribution in [2.24, 2.45) is 0 Å². The van der Waals surface area contributed by atoms with Crippen LogP contribution < -0.4 is 14.8 Å². The largest absolute Gasteiger partial charge is 0.490 e. The van der Waals surface area contributed by atoms with Crippen LogP contribution >= 0.6 is 15.9 Å². The zero-order valence-corrected chi connectivity index (χ0v) is 14.6. The molecule has 0 bridgehead atoms. The van der Waals surface area contributed by atoms with E-state index in [0.717, 1.165) is 42.1 Å². The molecule has 0 unspecified atom stereocenters. The smallest absolute Gasteiger partial charge is 0.175 e. The summed E-state index contributed by atoms with van der Waals surface area (Å²) in [7, 11) is 0. The van der Waals surface area contributed by atoms with Gasteiger partial charge in [-0.25, -0.2) is 0 Å². The normalized spacial score (nSPS) is 14.9. The predicted octanol–water partition coefficient (Wildman–Crippen LogP) is 3.52. The average molecular weight is 358 g/mol. The average Bonchev–Trinajstić information content (AvgIpc) is 2.64. The van der Waals surface area contributed by atoms with Crippen LogP contribution in [0.4, 0.5) is 0 Å². The van der Waals surface area contributed by atoms with Gasteiger partial charge in [0.1, 0.15) is 0 Å². The van der Waals surface area contributed by atoms with Gasteiger partial charge in [-0.15, -0.1) is 0 Å². The molecule has 1 aliphatic rings. The fourth-order valence-electron chi connectivity index (χ4n) is 2.34. The van der Waals surface area contributed by atoms with Gasteiger partial charge in [-0.1, -0.05) is 0 Å². The lowest BCUT2D eigenvalue weighted by Crippen LogP contribution is -2.37. The van der Waals surface area contributed by atoms with Crippen molar-refractivity contribution in [3.63, 3.8) is 0 Å². The van der Waals surface area contributed by atoms with Crippen LogP contribution in [0.5, 0.6) is 11.5 Å². The van der Waals surface area contributed by atoms with Gasteiger partial charge in [-0.05, 0) is 54.4 Å². The molecule has 2 rings (SSSR count). The first-order valence-corrected chi connectivity index (χ1v) is 8.24. The van der Waals surface area contributed by atoms with E-state index < -0.39 is 0 Å². The van der Waals surface area contributed by atoms with E-state index in [4.69, 9.17) is 14.2 Å². The quantitative estimate of drug-likeness (QED) is 0.845. The molecule has 5 heteroatoms. The lowest BCUT2D eigenvalue weighted by molar-refractivity contribution is -0.00897. The minimum absolute atomic E-state index is 0.155. The molecule has 0 saturated heterocycles. The van der Waals surface area contributed by atoms with E-state index in [9.17, 15) is 0 Å². The van der Waals surface area contributed by atoms with E-state index in [1.807, 2.05) is 13.0 Å². The number of hydrogen-bond donors (Lipinski definition) is 1. The molecule has 0 aromatic heterocycles. The Balaban J connectivity index is 1.98. The molecule has 0 radical (unpaired) electrons. The Bertz CT molecular complexity index is 477. The number of benzene rings is 1. The zero-order chi connectivity index (χ0) is 15.3. The van der Waals surface area contributed by atoms with Crippen LogP contribution in [0, 0.1) is 0 Å². The second kappa shape index (κ2) is 7.47. The number of rotatable bonds is 6. The van der Waals surface area contributed by atoms with Gasteiger partial charge in [0, 0.05) is 26.1 Å². The third kappa shape index (κ3) is 4.87. The second-order valence-corrected chi connectivity index (χ2v) is 6.61. The van der Waals surface area contributed by atoms with Crippen molar-refractivity contribution in [2.75, 3.05) is 26.4 Å². The van der Waals surface area contributed by atoms with Gasteiger partial charge in [-0.2, -0.15) is 0 Å². The molecular weight excluding hydrogens is 334 g/mol. The number of ether oxygens (including phenoxy) is 3. The molecular formula is C16H24BrNO3. The summed E-state index contributed by atoms with van der Waals surface area (Å²) in [5, 5.41) is 3.43. The van der Waals surface area contributed by atoms with Gasteiger partial charge in [0.05, 0.1) is 23.3 Å². The van der Waals surface area contributed by atoms with Gasteiger partial charge < -0.3 is 19.5 Å². The molecule has 21 heavy (non-hydrogen) atoms. The Morgan fingerprint density at radius 3 is 2.81 bits per heavy atom. The summed E-state index contributed by atoms with van der Waals surface area (Å²) in [5.41, 5.74) is 1.01. The lowest BCUT2D eigenvalue weighted by Gasteiger charge is -2.25. The Morgan fingerprint density at radius 2 is 2.05 bits per heavy atom. The summed E-state index contributed by atoms with van der Waals surface area (Å²) in [5.74, 6) is 1.63. The summed E-state index contributed by atoms with van der Waals surface area (Å²) in [6.07, 6.45) is 0.914. The van der Waals surface area contributed by atoms with Crippen molar-refractivity contribution in [2.45, 2.75) is 39.3 Å². The molecule has 1 N–H and O–H groups in total. The van der Waals surface area contributed by atoms with Crippen LogP contribution in [0.1, 0.15) is 32.8 Å². The van der Waals surface area contributed by atoms with Crippen LogP contribution in [0.15, 0.2) is 16.6 Å². The Hall–Kier alpha value is -0.780. The van der Waals surface area contributed by atoms with Crippen LogP contribution in [0.3, 0.4) is 0 Å². The highest BCUT2D eigenvalue weighted by Gasteiger charge is 2.18. The summed E-state index contributed by atoms with van der Waals surface area (Å²) >= 11 is 3.57. The third-order valence-electron chi connectivity index (χ3n) is 3.28. The zero-order valence-electron chi connectivity index (χ0n) is 13.0. The number of halogens is 1. The highest BCUT2D eigenvalue weighted by atomic mass is 79.9. The van der Waals surface area contributed by atoms with E-state index in [1.165, 1.54) is 5.56 Å². The van der Waals surface area contributed by atoms with E-state index in [-0.39, 0.29) is 5.60 Å². The van der Waals surface area contributed by atoms with Gasteiger partial charge in [0.15, 0.2) is 11.5 Å². The fraction of sp³-hybridized carbons (Fsp3) is 0.625. The van der Waals surface area contributed by atoms with Crippen molar-refractivity contribution < 1.29 is 14.2 Å².